The summed E-state index contributed by atoms with van der Waals surface area (Å²) in [5, 5.41) is 8.84. The minimum absolute atomic E-state index is 0.0961. The molecule has 2 aromatic rings. The molecule has 0 atom stereocenters. The number of carbonyl (C=O) groups is 1. The molecule has 0 unspecified atom stereocenters. The molecule has 2 rings (SSSR count). The van der Waals surface area contributed by atoms with Gasteiger partial charge < -0.3 is 4.90 Å². The second kappa shape index (κ2) is 7.01. The molecule has 0 spiro atoms. The molecule has 0 fully saturated rings. The van der Waals surface area contributed by atoms with Crippen LogP contribution in [0.3, 0.4) is 0 Å². The molecule has 0 aliphatic carbocycles. The van der Waals surface area contributed by atoms with E-state index < -0.39 is 0 Å². The fraction of sp³-hybridized carbons (Fsp3) is 0.118. The van der Waals surface area contributed by atoms with Gasteiger partial charge in [-0.3, -0.25) is 9.78 Å². The topological polar surface area (TPSA) is 57.0 Å². The number of rotatable bonds is 4. The van der Waals surface area contributed by atoms with Crippen molar-refractivity contribution in [3.05, 3.63) is 71.6 Å². The van der Waals surface area contributed by atoms with E-state index in [4.69, 9.17) is 5.26 Å². The van der Waals surface area contributed by atoms with Gasteiger partial charge in [0.05, 0.1) is 11.6 Å². The Balaban J connectivity index is 2.00. The number of hydrogen-bond acceptors (Lipinski definition) is 3. The normalized spacial score (nSPS) is 10.3. The van der Waals surface area contributed by atoms with E-state index in [2.05, 4.69) is 11.1 Å². The number of aromatic nitrogens is 1. The predicted molar refractivity (Wildman–Crippen MR) is 80.9 cm³/mol. The number of likely N-dealkylation sites (N-methyl/N-ethyl adjacent to an activating group) is 1. The predicted octanol–water partition coefficient (Wildman–Crippen LogP) is 2.63. The van der Waals surface area contributed by atoms with E-state index >= 15 is 0 Å². The third kappa shape index (κ3) is 4.29. The van der Waals surface area contributed by atoms with Gasteiger partial charge in [0.25, 0.3) is 0 Å². The lowest BCUT2D eigenvalue weighted by molar-refractivity contribution is -0.125. The van der Waals surface area contributed by atoms with E-state index in [9.17, 15) is 4.79 Å². The summed E-state index contributed by atoms with van der Waals surface area (Å²) >= 11 is 0. The minimum atomic E-state index is -0.0961. The summed E-state index contributed by atoms with van der Waals surface area (Å²) in [4.78, 5) is 17.7. The van der Waals surface area contributed by atoms with Gasteiger partial charge in [0.15, 0.2) is 0 Å². The van der Waals surface area contributed by atoms with Crippen LogP contribution in [-0.4, -0.2) is 22.8 Å². The zero-order valence-electron chi connectivity index (χ0n) is 11.7. The third-order valence-corrected chi connectivity index (χ3v) is 2.95. The van der Waals surface area contributed by atoms with E-state index in [0.29, 0.717) is 12.1 Å². The molecule has 1 aromatic heterocycles. The molecule has 0 radical (unpaired) electrons. The Hall–Kier alpha value is -2.93. The van der Waals surface area contributed by atoms with E-state index in [1.807, 2.05) is 18.2 Å². The number of hydrogen-bond donors (Lipinski definition) is 0. The Morgan fingerprint density at radius 2 is 2.24 bits per heavy atom. The van der Waals surface area contributed by atoms with Crippen molar-refractivity contribution in [1.29, 1.82) is 5.26 Å². The van der Waals surface area contributed by atoms with Crippen molar-refractivity contribution < 1.29 is 4.79 Å². The first-order valence-electron chi connectivity index (χ1n) is 6.51. The lowest BCUT2D eigenvalue weighted by Crippen LogP contribution is -2.24. The van der Waals surface area contributed by atoms with Gasteiger partial charge in [-0.15, -0.1) is 0 Å². The summed E-state index contributed by atoms with van der Waals surface area (Å²) in [7, 11) is 1.74. The minimum Gasteiger partial charge on any atom is -0.338 e. The fourth-order valence-corrected chi connectivity index (χ4v) is 1.85. The molecule has 1 amide bonds. The Bertz CT molecular complexity index is 687. The quantitative estimate of drug-likeness (QED) is 0.807. The Kier molecular flexibility index (Phi) is 4.84. The maximum absolute atomic E-state index is 12.0. The lowest BCUT2D eigenvalue weighted by Gasteiger charge is -2.14. The first-order chi connectivity index (χ1) is 10.2. The molecule has 0 aliphatic heterocycles. The smallest absolute Gasteiger partial charge is 0.246 e. The van der Waals surface area contributed by atoms with Crippen molar-refractivity contribution in [2.75, 3.05) is 7.05 Å². The molecule has 1 heterocycles. The number of nitrogens with zero attached hydrogens (tertiary/aromatic N) is 3. The van der Waals surface area contributed by atoms with Gasteiger partial charge in [-0.25, -0.2) is 0 Å². The van der Waals surface area contributed by atoms with Crippen molar-refractivity contribution in [3.8, 4) is 6.07 Å². The van der Waals surface area contributed by atoms with Crippen molar-refractivity contribution in [3.63, 3.8) is 0 Å². The molecule has 0 saturated heterocycles. The maximum Gasteiger partial charge on any atom is 0.246 e. The van der Waals surface area contributed by atoms with Crippen LogP contribution < -0.4 is 0 Å². The molecule has 0 saturated carbocycles. The summed E-state index contributed by atoms with van der Waals surface area (Å²) < 4.78 is 0. The Morgan fingerprint density at radius 3 is 2.95 bits per heavy atom. The summed E-state index contributed by atoms with van der Waals surface area (Å²) in [6.07, 6.45) is 6.66. The molecule has 0 bridgehead atoms. The number of amides is 1. The van der Waals surface area contributed by atoms with Crippen molar-refractivity contribution in [2.45, 2.75) is 6.54 Å². The number of pyridine rings is 1. The maximum atomic E-state index is 12.0. The Morgan fingerprint density at radius 1 is 1.38 bits per heavy atom. The van der Waals surface area contributed by atoms with Crippen LogP contribution in [0, 0.1) is 11.3 Å². The molecule has 0 N–H and O–H groups in total. The summed E-state index contributed by atoms with van der Waals surface area (Å²) in [5.74, 6) is -0.0961. The van der Waals surface area contributed by atoms with E-state index in [1.54, 1.807) is 48.6 Å². The van der Waals surface area contributed by atoms with Crippen LogP contribution in [0.1, 0.15) is 16.7 Å². The van der Waals surface area contributed by atoms with Crippen LogP contribution in [0.4, 0.5) is 0 Å². The van der Waals surface area contributed by atoms with Gasteiger partial charge in [-0.1, -0.05) is 18.2 Å². The molecular weight excluding hydrogens is 262 g/mol. The first kappa shape index (κ1) is 14.5. The van der Waals surface area contributed by atoms with E-state index in [0.717, 1.165) is 11.1 Å². The van der Waals surface area contributed by atoms with E-state index in [1.165, 1.54) is 6.08 Å². The standard InChI is InChI=1S/C17H15N3O/c1-20(13-16-6-3-9-19-12-16)17(21)8-7-14-4-2-5-15(10-14)11-18/h2-10,12H,13H2,1H3/b8-7+. The van der Waals surface area contributed by atoms with Crippen molar-refractivity contribution in [1.82, 2.24) is 9.88 Å². The van der Waals surface area contributed by atoms with Crippen LogP contribution in [0.2, 0.25) is 0 Å². The molecule has 1 aromatic carbocycles. The van der Waals surface area contributed by atoms with E-state index in [-0.39, 0.29) is 5.91 Å². The summed E-state index contributed by atoms with van der Waals surface area (Å²) in [6, 6.07) is 13.0. The zero-order valence-corrected chi connectivity index (χ0v) is 11.7. The monoisotopic (exact) mass is 277 g/mol. The molecule has 104 valence electrons. The number of benzene rings is 1. The molecule has 21 heavy (non-hydrogen) atoms. The van der Waals surface area contributed by atoms with Crippen LogP contribution in [0.25, 0.3) is 6.08 Å². The molecule has 0 aliphatic rings. The van der Waals surface area contributed by atoms with Gasteiger partial charge in [-0.2, -0.15) is 5.26 Å². The van der Waals surface area contributed by atoms with Gasteiger partial charge in [-0.05, 0) is 35.4 Å². The van der Waals surface area contributed by atoms with Crippen molar-refractivity contribution in [2.24, 2.45) is 0 Å². The number of nitriles is 1. The van der Waals surface area contributed by atoms with Crippen LogP contribution in [0.5, 0.6) is 0 Å². The summed E-state index contributed by atoms with van der Waals surface area (Å²) in [5.41, 5.74) is 2.39. The molecular formula is C17H15N3O. The Labute approximate surface area is 124 Å². The third-order valence-electron chi connectivity index (χ3n) is 2.95. The highest BCUT2D eigenvalue weighted by Crippen LogP contribution is 2.07. The van der Waals surface area contributed by atoms with Crippen LogP contribution in [-0.2, 0) is 11.3 Å². The first-order valence-corrected chi connectivity index (χ1v) is 6.51. The average Bonchev–Trinajstić information content (AvgIpc) is 2.53. The fourth-order valence-electron chi connectivity index (χ4n) is 1.85. The highest BCUT2D eigenvalue weighted by Gasteiger charge is 2.05. The SMILES string of the molecule is CN(Cc1cccnc1)C(=O)/C=C/c1cccc(C#N)c1. The van der Waals surface area contributed by atoms with Gasteiger partial charge >= 0.3 is 0 Å². The van der Waals surface area contributed by atoms with Crippen LogP contribution >= 0.6 is 0 Å². The van der Waals surface area contributed by atoms with Gasteiger partial charge in [0.1, 0.15) is 0 Å². The highest BCUT2D eigenvalue weighted by molar-refractivity contribution is 5.91. The van der Waals surface area contributed by atoms with Gasteiger partial charge in [0, 0.05) is 32.1 Å². The summed E-state index contributed by atoms with van der Waals surface area (Å²) in [6.45, 7) is 0.509. The largest absolute Gasteiger partial charge is 0.338 e. The second-order valence-electron chi connectivity index (χ2n) is 4.63. The number of carbonyl (C=O) groups excluding carboxylic acids is 1. The second-order valence-corrected chi connectivity index (χ2v) is 4.63. The lowest BCUT2D eigenvalue weighted by atomic mass is 10.1. The average molecular weight is 277 g/mol. The van der Waals surface area contributed by atoms with Crippen LogP contribution in [0.15, 0.2) is 54.9 Å². The molecule has 4 nitrogen and oxygen atoms in total. The van der Waals surface area contributed by atoms with Gasteiger partial charge in [0.2, 0.25) is 5.91 Å². The highest BCUT2D eigenvalue weighted by atomic mass is 16.2. The zero-order chi connectivity index (χ0) is 15.1. The molecule has 4 heteroatoms. The van der Waals surface area contributed by atoms with Crippen molar-refractivity contribution >= 4 is 12.0 Å².